The summed E-state index contributed by atoms with van der Waals surface area (Å²) in [7, 11) is -3.75. The number of ketones is 1. The lowest BCUT2D eigenvalue weighted by atomic mass is 10.1. The molecular formula is C15H12N4O3S. The third kappa shape index (κ3) is 3.17. The predicted molar refractivity (Wildman–Crippen MR) is 82.6 cm³/mol. The minimum atomic E-state index is -3.75. The van der Waals surface area contributed by atoms with E-state index in [2.05, 4.69) is 10.3 Å². The Morgan fingerprint density at radius 3 is 2.26 bits per heavy atom. The minimum Gasteiger partial charge on any atom is -0.287 e. The topological polar surface area (TPSA) is 108 Å². The highest BCUT2D eigenvalue weighted by Gasteiger charge is 2.14. The van der Waals surface area contributed by atoms with E-state index in [4.69, 9.17) is 5.14 Å². The number of hydrogen-bond donors (Lipinski definition) is 1. The van der Waals surface area contributed by atoms with Crippen LogP contribution in [0, 0.1) is 0 Å². The summed E-state index contributed by atoms with van der Waals surface area (Å²) in [6.07, 6.45) is 1.49. The van der Waals surface area contributed by atoms with Gasteiger partial charge in [-0.3, -0.25) is 4.79 Å². The summed E-state index contributed by atoms with van der Waals surface area (Å²) in [4.78, 5) is 12.3. The molecule has 0 radical (unpaired) electrons. The molecule has 0 fully saturated rings. The van der Waals surface area contributed by atoms with Crippen LogP contribution in [0.25, 0.3) is 5.69 Å². The molecule has 3 rings (SSSR count). The monoisotopic (exact) mass is 328 g/mol. The Kier molecular flexibility index (Phi) is 3.77. The van der Waals surface area contributed by atoms with E-state index in [9.17, 15) is 13.2 Å². The second kappa shape index (κ2) is 5.75. The summed E-state index contributed by atoms with van der Waals surface area (Å²) >= 11 is 0. The number of benzene rings is 2. The Hall–Kier alpha value is -2.84. The van der Waals surface area contributed by atoms with Crippen LogP contribution in [0.5, 0.6) is 0 Å². The van der Waals surface area contributed by atoms with Crippen molar-refractivity contribution in [3.8, 4) is 5.69 Å². The number of rotatable bonds is 4. The molecule has 2 aromatic carbocycles. The Morgan fingerprint density at radius 1 is 1.00 bits per heavy atom. The van der Waals surface area contributed by atoms with Gasteiger partial charge in [-0.25, -0.2) is 18.2 Å². The molecule has 0 spiro atoms. The summed E-state index contributed by atoms with van der Waals surface area (Å²) in [6.45, 7) is 0. The highest BCUT2D eigenvalue weighted by molar-refractivity contribution is 7.89. The summed E-state index contributed by atoms with van der Waals surface area (Å²) in [5.41, 5.74) is 1.29. The number of carbonyl (C=O) groups excluding carboxylic acids is 1. The number of primary sulfonamides is 1. The van der Waals surface area contributed by atoms with Crippen LogP contribution < -0.4 is 5.14 Å². The van der Waals surface area contributed by atoms with Crippen molar-refractivity contribution >= 4 is 15.8 Å². The van der Waals surface area contributed by atoms with E-state index in [-0.39, 0.29) is 16.4 Å². The van der Waals surface area contributed by atoms with Crippen LogP contribution in [0.3, 0.4) is 0 Å². The maximum Gasteiger partial charge on any atom is 0.238 e. The molecule has 3 aromatic rings. The van der Waals surface area contributed by atoms with Gasteiger partial charge < -0.3 is 0 Å². The van der Waals surface area contributed by atoms with Crippen LogP contribution in [0.15, 0.2) is 65.7 Å². The maximum absolute atomic E-state index is 12.3. The number of hydrogen-bond acceptors (Lipinski definition) is 5. The van der Waals surface area contributed by atoms with Crippen LogP contribution in [0.1, 0.15) is 16.1 Å². The molecule has 1 aromatic heterocycles. The van der Waals surface area contributed by atoms with Crippen LogP contribution in [0.4, 0.5) is 0 Å². The number of sulfonamides is 1. The van der Waals surface area contributed by atoms with E-state index < -0.39 is 10.0 Å². The summed E-state index contributed by atoms with van der Waals surface area (Å²) in [6, 6.07) is 14.5. The van der Waals surface area contributed by atoms with Gasteiger partial charge in [-0.2, -0.15) is 0 Å². The van der Waals surface area contributed by atoms with Crippen molar-refractivity contribution in [2.45, 2.75) is 4.90 Å². The largest absolute Gasteiger partial charge is 0.287 e. The van der Waals surface area contributed by atoms with Gasteiger partial charge in [-0.1, -0.05) is 35.5 Å². The Balaban J connectivity index is 1.89. The van der Waals surface area contributed by atoms with Gasteiger partial charge in [-0.05, 0) is 24.3 Å². The average Bonchev–Trinajstić information content (AvgIpc) is 3.04. The van der Waals surface area contributed by atoms with Crippen molar-refractivity contribution in [3.63, 3.8) is 0 Å². The zero-order valence-corrected chi connectivity index (χ0v) is 12.6. The van der Waals surface area contributed by atoms with E-state index in [0.29, 0.717) is 11.3 Å². The number of carbonyl (C=O) groups is 1. The quantitative estimate of drug-likeness (QED) is 0.723. The van der Waals surface area contributed by atoms with Gasteiger partial charge in [0.05, 0.1) is 16.8 Å². The summed E-state index contributed by atoms with van der Waals surface area (Å²) in [5, 5.41) is 12.8. The SMILES string of the molecule is NS(=O)(=O)c1ccc(-n2cc(C(=O)c3ccccc3)nn2)cc1. The lowest BCUT2D eigenvalue weighted by molar-refractivity contribution is 0.103. The molecule has 0 amide bonds. The molecule has 0 atom stereocenters. The lowest BCUT2D eigenvalue weighted by Gasteiger charge is -2.01. The van der Waals surface area contributed by atoms with E-state index >= 15 is 0 Å². The van der Waals surface area contributed by atoms with Crippen molar-refractivity contribution < 1.29 is 13.2 Å². The Labute approximate surface area is 132 Å². The third-order valence-electron chi connectivity index (χ3n) is 3.19. The van der Waals surface area contributed by atoms with Gasteiger partial charge in [0.25, 0.3) is 0 Å². The van der Waals surface area contributed by atoms with Gasteiger partial charge in [-0.15, -0.1) is 5.10 Å². The molecule has 116 valence electrons. The van der Waals surface area contributed by atoms with Crippen LogP contribution in [0.2, 0.25) is 0 Å². The predicted octanol–water partition coefficient (Wildman–Crippen LogP) is 1.15. The van der Waals surface area contributed by atoms with Crippen molar-refractivity contribution in [3.05, 3.63) is 72.1 Å². The fourth-order valence-corrected chi connectivity index (χ4v) is 2.54. The normalized spacial score (nSPS) is 11.3. The number of nitrogens with two attached hydrogens (primary N) is 1. The van der Waals surface area contributed by atoms with Crippen molar-refractivity contribution in [1.29, 1.82) is 0 Å². The minimum absolute atomic E-state index is 0.00181. The molecule has 0 bridgehead atoms. The first-order valence-corrected chi connectivity index (χ1v) is 8.15. The standard InChI is InChI=1S/C15H12N4O3S/c16-23(21,22)13-8-6-12(7-9-13)19-10-14(17-18-19)15(20)11-4-2-1-3-5-11/h1-10H,(H2,16,21,22). The van der Waals surface area contributed by atoms with Crippen molar-refractivity contribution in [2.24, 2.45) is 5.14 Å². The molecule has 0 aliphatic heterocycles. The van der Waals surface area contributed by atoms with E-state index in [1.54, 1.807) is 24.3 Å². The fraction of sp³-hybridized carbons (Fsp3) is 0. The molecule has 0 aliphatic rings. The van der Waals surface area contributed by atoms with Gasteiger partial charge in [0.15, 0.2) is 5.69 Å². The highest BCUT2D eigenvalue weighted by Crippen LogP contribution is 2.13. The summed E-state index contributed by atoms with van der Waals surface area (Å²) < 4.78 is 23.9. The maximum atomic E-state index is 12.3. The van der Waals surface area contributed by atoms with Gasteiger partial charge in [0.2, 0.25) is 15.8 Å². The van der Waals surface area contributed by atoms with Gasteiger partial charge >= 0.3 is 0 Å². The number of aromatic nitrogens is 3. The molecule has 1 heterocycles. The third-order valence-corrected chi connectivity index (χ3v) is 4.12. The first-order valence-electron chi connectivity index (χ1n) is 6.60. The zero-order chi connectivity index (χ0) is 16.4. The molecule has 7 nitrogen and oxygen atoms in total. The van der Waals surface area contributed by atoms with E-state index in [1.807, 2.05) is 6.07 Å². The smallest absolute Gasteiger partial charge is 0.238 e. The second-order valence-corrected chi connectivity index (χ2v) is 6.34. The second-order valence-electron chi connectivity index (χ2n) is 4.78. The van der Waals surface area contributed by atoms with E-state index in [1.165, 1.54) is 35.1 Å². The lowest BCUT2D eigenvalue weighted by Crippen LogP contribution is -2.12. The summed E-state index contributed by atoms with van der Waals surface area (Å²) in [5.74, 6) is -0.238. The molecule has 0 aliphatic carbocycles. The Morgan fingerprint density at radius 2 is 1.65 bits per heavy atom. The van der Waals surface area contributed by atoms with Crippen LogP contribution in [-0.4, -0.2) is 29.2 Å². The molecule has 8 heteroatoms. The van der Waals surface area contributed by atoms with Crippen LogP contribution in [-0.2, 0) is 10.0 Å². The zero-order valence-electron chi connectivity index (χ0n) is 11.8. The molecule has 0 saturated heterocycles. The van der Waals surface area contributed by atoms with E-state index in [0.717, 1.165) is 0 Å². The highest BCUT2D eigenvalue weighted by atomic mass is 32.2. The molecule has 0 saturated carbocycles. The van der Waals surface area contributed by atoms with Gasteiger partial charge in [0, 0.05) is 5.56 Å². The van der Waals surface area contributed by atoms with Gasteiger partial charge in [0.1, 0.15) is 0 Å². The molecular weight excluding hydrogens is 316 g/mol. The van der Waals surface area contributed by atoms with Crippen LogP contribution >= 0.6 is 0 Å². The first kappa shape index (κ1) is 15.1. The molecule has 0 unspecified atom stereocenters. The Bertz CT molecular complexity index is 948. The number of nitrogens with zero attached hydrogens (tertiary/aromatic N) is 3. The van der Waals surface area contributed by atoms with Crippen molar-refractivity contribution in [1.82, 2.24) is 15.0 Å². The fourth-order valence-electron chi connectivity index (χ4n) is 2.02. The molecule has 23 heavy (non-hydrogen) atoms. The molecule has 2 N–H and O–H groups in total. The van der Waals surface area contributed by atoms with Crippen molar-refractivity contribution in [2.75, 3.05) is 0 Å². The average molecular weight is 328 g/mol. The first-order chi connectivity index (χ1) is 10.9.